The maximum Gasteiger partial charge on any atom is 0.182 e. The van der Waals surface area contributed by atoms with Crippen LogP contribution >= 0.6 is 0 Å². The second-order valence-corrected chi connectivity index (χ2v) is 8.48. The van der Waals surface area contributed by atoms with E-state index in [-0.39, 0.29) is 1.43 Å². The molecule has 4 nitrogen and oxygen atoms in total. The van der Waals surface area contributed by atoms with E-state index in [4.69, 9.17) is 0 Å². The van der Waals surface area contributed by atoms with E-state index in [1.54, 1.807) is 18.5 Å². The minimum Gasteiger partial charge on any atom is -0.367 e. The van der Waals surface area contributed by atoms with Crippen molar-refractivity contribution in [3.05, 3.63) is 95.5 Å². The van der Waals surface area contributed by atoms with E-state index in [0.717, 1.165) is 58.4 Å². The summed E-state index contributed by atoms with van der Waals surface area (Å²) < 4.78 is 29.2. The van der Waals surface area contributed by atoms with Gasteiger partial charge in [-0.05, 0) is 53.1 Å². The Morgan fingerprint density at radius 3 is 2.67 bits per heavy atom. The zero-order valence-corrected chi connectivity index (χ0v) is 18.0. The van der Waals surface area contributed by atoms with E-state index in [1.807, 2.05) is 23.1 Å². The van der Waals surface area contributed by atoms with Gasteiger partial charge in [0.2, 0.25) is 0 Å². The smallest absolute Gasteiger partial charge is 0.182 e. The highest BCUT2D eigenvalue weighted by atomic mass is 19.2. The number of anilines is 1. The fourth-order valence-electron chi connectivity index (χ4n) is 4.75. The minimum atomic E-state index is -0.834. The van der Waals surface area contributed by atoms with Gasteiger partial charge in [0.05, 0.1) is 16.9 Å². The van der Waals surface area contributed by atoms with Gasteiger partial charge in [-0.2, -0.15) is 0 Å². The van der Waals surface area contributed by atoms with E-state index in [1.165, 1.54) is 6.07 Å². The highest BCUT2D eigenvalue weighted by Crippen LogP contribution is 2.36. The van der Waals surface area contributed by atoms with E-state index >= 15 is 0 Å². The third-order valence-corrected chi connectivity index (χ3v) is 6.47. The fourth-order valence-corrected chi connectivity index (χ4v) is 4.75. The number of nitrogens with zero attached hydrogens (tertiary/aromatic N) is 3. The molecule has 1 fully saturated rings. The lowest BCUT2D eigenvalue weighted by Gasteiger charge is -2.30. The van der Waals surface area contributed by atoms with Crippen molar-refractivity contribution in [2.45, 2.75) is 6.42 Å². The van der Waals surface area contributed by atoms with Crippen molar-refractivity contribution < 1.29 is 10.2 Å². The van der Waals surface area contributed by atoms with Crippen molar-refractivity contribution in [1.82, 2.24) is 15.3 Å². The lowest BCUT2D eigenvalue weighted by Crippen LogP contribution is -2.44. The summed E-state index contributed by atoms with van der Waals surface area (Å²) in [6.07, 6.45) is 6.48. The average Bonchev–Trinajstić information content (AvgIpc) is 3.29. The van der Waals surface area contributed by atoms with Crippen LogP contribution in [0.4, 0.5) is 14.5 Å². The molecule has 1 N–H and O–H groups in total. The average molecular weight is 443 g/mol. The van der Waals surface area contributed by atoms with Gasteiger partial charge in [0.25, 0.3) is 0 Å². The standard InChI is InChI=1S/C27H22F2N4.H2/c28-23-14-19(15-26(27(23)29)33-10-8-30-9-11-33)20-13-22-21(4-6-25(22)32-16-20)17-3-5-24-18(12-17)2-1-7-31-24;/h1-5,7,12-16,30H,6,8-11H2;1H. The second-order valence-electron chi connectivity index (χ2n) is 8.48. The lowest BCUT2D eigenvalue weighted by atomic mass is 9.96. The van der Waals surface area contributed by atoms with Gasteiger partial charge in [0.15, 0.2) is 11.6 Å². The Bertz CT molecular complexity index is 1410. The number of pyridine rings is 2. The van der Waals surface area contributed by atoms with E-state index < -0.39 is 11.6 Å². The summed E-state index contributed by atoms with van der Waals surface area (Å²) in [6, 6.07) is 15.3. The molecule has 0 amide bonds. The quantitative estimate of drug-likeness (QED) is 0.472. The van der Waals surface area contributed by atoms with Crippen LogP contribution in [-0.2, 0) is 6.42 Å². The van der Waals surface area contributed by atoms with E-state index in [9.17, 15) is 8.78 Å². The van der Waals surface area contributed by atoms with E-state index in [2.05, 4.69) is 39.6 Å². The highest BCUT2D eigenvalue weighted by molar-refractivity contribution is 5.90. The number of hydrogen-bond acceptors (Lipinski definition) is 4. The molecule has 2 aromatic heterocycles. The Morgan fingerprint density at radius 1 is 0.909 bits per heavy atom. The molecule has 166 valence electrons. The van der Waals surface area contributed by atoms with Gasteiger partial charge in [-0.3, -0.25) is 9.97 Å². The monoisotopic (exact) mass is 442 g/mol. The third kappa shape index (κ3) is 3.56. The molecular weight excluding hydrogens is 418 g/mol. The van der Waals surface area contributed by atoms with Crippen LogP contribution in [0.5, 0.6) is 0 Å². The van der Waals surface area contributed by atoms with Crippen LogP contribution in [0.25, 0.3) is 27.6 Å². The summed E-state index contributed by atoms with van der Waals surface area (Å²) >= 11 is 0. The molecule has 2 aromatic carbocycles. The molecule has 0 spiro atoms. The highest BCUT2D eigenvalue weighted by Gasteiger charge is 2.22. The molecule has 1 saturated heterocycles. The first kappa shape index (κ1) is 20.0. The molecular formula is C27H24F2N4. The first-order chi connectivity index (χ1) is 16.2. The summed E-state index contributed by atoms with van der Waals surface area (Å²) in [5.41, 5.74) is 6.90. The van der Waals surface area contributed by atoms with Crippen molar-refractivity contribution >= 4 is 22.2 Å². The molecule has 0 saturated carbocycles. The number of nitrogens with one attached hydrogen (secondary N) is 1. The molecule has 6 rings (SSSR count). The number of benzene rings is 2. The molecule has 0 radical (unpaired) electrons. The van der Waals surface area contributed by atoms with Gasteiger partial charge in [-0.1, -0.05) is 18.2 Å². The largest absolute Gasteiger partial charge is 0.367 e. The number of piperazine rings is 1. The predicted molar refractivity (Wildman–Crippen MR) is 129 cm³/mol. The topological polar surface area (TPSA) is 41.1 Å². The number of fused-ring (bicyclic) bond motifs is 2. The van der Waals surface area contributed by atoms with Crippen LogP contribution < -0.4 is 10.2 Å². The number of rotatable bonds is 3. The first-order valence-corrected chi connectivity index (χ1v) is 11.2. The predicted octanol–water partition coefficient (Wildman–Crippen LogP) is 5.22. The molecule has 1 aliphatic carbocycles. The Labute approximate surface area is 192 Å². The van der Waals surface area contributed by atoms with Gasteiger partial charge in [0.1, 0.15) is 0 Å². The number of halogens is 2. The number of hydrogen-bond donors (Lipinski definition) is 1. The van der Waals surface area contributed by atoms with Crippen LogP contribution in [0.15, 0.2) is 67.0 Å². The van der Waals surface area contributed by atoms with Crippen molar-refractivity contribution in [2.75, 3.05) is 31.1 Å². The molecule has 0 bridgehead atoms. The Morgan fingerprint density at radius 2 is 1.79 bits per heavy atom. The van der Waals surface area contributed by atoms with E-state index in [0.29, 0.717) is 24.3 Å². The third-order valence-electron chi connectivity index (χ3n) is 6.47. The maximum absolute atomic E-state index is 14.6. The van der Waals surface area contributed by atoms with Crippen LogP contribution in [-0.4, -0.2) is 36.1 Å². The SMILES string of the molecule is Fc1cc(-c2cnc3c(c2)C(c2ccc4ncccc4c2)=CC3)cc(N2CCNCC2)c1F.[HH]. The summed E-state index contributed by atoms with van der Waals surface area (Å²) in [4.78, 5) is 11.0. The van der Waals surface area contributed by atoms with Crippen molar-refractivity contribution in [3.63, 3.8) is 0 Å². The number of aromatic nitrogens is 2. The number of allylic oxidation sites excluding steroid dienone is 1. The molecule has 33 heavy (non-hydrogen) atoms. The van der Waals surface area contributed by atoms with Gasteiger partial charge in [-0.15, -0.1) is 0 Å². The normalized spacial score (nSPS) is 15.6. The Balaban J connectivity index is 0.00000241. The Kier molecular flexibility index (Phi) is 4.88. The molecule has 1 aliphatic heterocycles. The van der Waals surface area contributed by atoms with Gasteiger partial charge < -0.3 is 10.2 Å². The molecule has 0 unspecified atom stereocenters. The second kappa shape index (κ2) is 8.05. The minimum absolute atomic E-state index is 0. The zero-order chi connectivity index (χ0) is 22.4. The van der Waals surface area contributed by atoms with Crippen molar-refractivity contribution in [2.24, 2.45) is 0 Å². The van der Waals surface area contributed by atoms with Crippen LogP contribution in [0.2, 0.25) is 0 Å². The maximum atomic E-state index is 14.6. The van der Waals surface area contributed by atoms with Crippen LogP contribution in [0.1, 0.15) is 18.2 Å². The van der Waals surface area contributed by atoms with Crippen LogP contribution in [0.3, 0.4) is 0 Å². The first-order valence-electron chi connectivity index (χ1n) is 11.2. The summed E-state index contributed by atoms with van der Waals surface area (Å²) in [6.45, 7) is 2.79. The summed E-state index contributed by atoms with van der Waals surface area (Å²) in [5.74, 6) is -1.63. The van der Waals surface area contributed by atoms with Crippen molar-refractivity contribution in [3.8, 4) is 11.1 Å². The van der Waals surface area contributed by atoms with Gasteiger partial charge in [0, 0.05) is 62.9 Å². The summed E-state index contributed by atoms with van der Waals surface area (Å²) in [5, 5.41) is 4.32. The lowest BCUT2D eigenvalue weighted by molar-refractivity contribution is 0.500. The molecule has 6 heteroatoms. The van der Waals surface area contributed by atoms with Gasteiger partial charge >= 0.3 is 0 Å². The molecule has 0 atom stereocenters. The molecule has 2 aliphatic rings. The fraction of sp³-hybridized carbons (Fsp3) is 0.185. The van der Waals surface area contributed by atoms with Gasteiger partial charge in [-0.25, -0.2) is 8.78 Å². The summed E-state index contributed by atoms with van der Waals surface area (Å²) in [7, 11) is 0. The Hall–Kier alpha value is -3.64. The zero-order valence-electron chi connectivity index (χ0n) is 18.0. The van der Waals surface area contributed by atoms with Crippen LogP contribution in [0, 0.1) is 11.6 Å². The van der Waals surface area contributed by atoms with Crippen molar-refractivity contribution in [1.29, 1.82) is 0 Å². The molecule has 3 heterocycles. The molecule has 4 aromatic rings.